The second-order valence-corrected chi connectivity index (χ2v) is 6.20. The Labute approximate surface area is 134 Å². The van der Waals surface area contributed by atoms with Crippen molar-refractivity contribution in [3.63, 3.8) is 0 Å². The Balaban J connectivity index is 1.83. The Bertz CT molecular complexity index is 431. The average Bonchev–Trinajstić information content (AvgIpc) is 2.55. The number of ether oxygens (including phenoxy) is 2. The minimum atomic E-state index is 0.601. The van der Waals surface area contributed by atoms with Crippen LogP contribution in [0.3, 0.4) is 0 Å². The maximum atomic E-state index is 5.69. The number of nitrogens with zero attached hydrogens (tertiary/aromatic N) is 1. The Morgan fingerprint density at radius 3 is 2.64 bits per heavy atom. The summed E-state index contributed by atoms with van der Waals surface area (Å²) in [6.07, 6.45) is 5.13. The molecule has 0 unspecified atom stereocenters. The molecule has 0 spiro atoms. The van der Waals surface area contributed by atoms with Crippen molar-refractivity contribution in [2.24, 2.45) is 0 Å². The zero-order valence-electron chi connectivity index (χ0n) is 14.2. The number of hydrogen-bond acceptors (Lipinski definition) is 4. The second-order valence-electron chi connectivity index (χ2n) is 6.20. The fourth-order valence-corrected chi connectivity index (χ4v) is 3.20. The van der Waals surface area contributed by atoms with Crippen LogP contribution < -0.4 is 10.1 Å². The first kappa shape index (κ1) is 17.3. The van der Waals surface area contributed by atoms with E-state index in [1.54, 1.807) is 7.11 Å². The molecule has 124 valence electrons. The first-order chi connectivity index (χ1) is 10.7. The SMILES string of the molecule is CNC1CCC(N(C)Cc2cccc(OCCOC)c2)CC1. The van der Waals surface area contributed by atoms with E-state index in [2.05, 4.69) is 42.5 Å². The topological polar surface area (TPSA) is 33.7 Å². The van der Waals surface area contributed by atoms with E-state index < -0.39 is 0 Å². The van der Waals surface area contributed by atoms with Gasteiger partial charge < -0.3 is 14.8 Å². The van der Waals surface area contributed by atoms with Gasteiger partial charge in [-0.1, -0.05) is 12.1 Å². The lowest BCUT2D eigenvalue weighted by atomic mass is 9.90. The molecule has 0 aromatic heterocycles. The molecule has 4 nitrogen and oxygen atoms in total. The molecule has 0 radical (unpaired) electrons. The van der Waals surface area contributed by atoms with Crippen LogP contribution in [-0.2, 0) is 11.3 Å². The van der Waals surface area contributed by atoms with Gasteiger partial charge in [0.2, 0.25) is 0 Å². The number of hydrogen-bond donors (Lipinski definition) is 1. The summed E-state index contributed by atoms with van der Waals surface area (Å²) >= 11 is 0. The van der Waals surface area contributed by atoms with Crippen LogP contribution in [0.5, 0.6) is 5.75 Å². The predicted molar refractivity (Wildman–Crippen MR) is 90.4 cm³/mol. The van der Waals surface area contributed by atoms with Crippen LogP contribution in [0.15, 0.2) is 24.3 Å². The Morgan fingerprint density at radius 1 is 1.18 bits per heavy atom. The number of methoxy groups -OCH3 is 1. The van der Waals surface area contributed by atoms with Gasteiger partial charge in [0.05, 0.1) is 6.61 Å². The molecule has 1 aliphatic rings. The predicted octanol–water partition coefficient (Wildman–Crippen LogP) is 2.67. The molecule has 1 aromatic carbocycles. The molecular weight excluding hydrogens is 276 g/mol. The fraction of sp³-hybridized carbons (Fsp3) is 0.667. The van der Waals surface area contributed by atoms with Crippen molar-refractivity contribution in [3.05, 3.63) is 29.8 Å². The fourth-order valence-electron chi connectivity index (χ4n) is 3.20. The van der Waals surface area contributed by atoms with Crippen LogP contribution in [0.25, 0.3) is 0 Å². The quantitative estimate of drug-likeness (QED) is 0.749. The van der Waals surface area contributed by atoms with E-state index in [0.717, 1.165) is 12.3 Å². The molecule has 0 atom stereocenters. The van der Waals surface area contributed by atoms with Gasteiger partial charge >= 0.3 is 0 Å². The molecule has 0 aliphatic heterocycles. The van der Waals surface area contributed by atoms with Gasteiger partial charge in [-0.2, -0.15) is 0 Å². The van der Waals surface area contributed by atoms with Gasteiger partial charge in [-0.3, -0.25) is 4.90 Å². The number of nitrogens with one attached hydrogen (secondary N) is 1. The normalized spacial score (nSPS) is 22.0. The largest absolute Gasteiger partial charge is 0.491 e. The van der Waals surface area contributed by atoms with Gasteiger partial charge in [-0.15, -0.1) is 0 Å². The molecule has 1 aromatic rings. The lowest BCUT2D eigenvalue weighted by Gasteiger charge is -2.34. The van der Waals surface area contributed by atoms with Crippen LogP contribution in [0.1, 0.15) is 31.2 Å². The van der Waals surface area contributed by atoms with E-state index in [1.165, 1.54) is 31.2 Å². The molecule has 4 heteroatoms. The Morgan fingerprint density at radius 2 is 1.95 bits per heavy atom. The molecule has 0 amide bonds. The molecule has 0 saturated heterocycles. The third-order valence-corrected chi connectivity index (χ3v) is 4.61. The minimum absolute atomic E-state index is 0.601. The third-order valence-electron chi connectivity index (χ3n) is 4.61. The maximum absolute atomic E-state index is 5.69. The molecular formula is C18H30N2O2. The Hall–Kier alpha value is -1.10. The lowest BCUT2D eigenvalue weighted by Crippen LogP contribution is -2.39. The minimum Gasteiger partial charge on any atom is -0.491 e. The maximum Gasteiger partial charge on any atom is 0.119 e. The van der Waals surface area contributed by atoms with Gasteiger partial charge in [0.25, 0.3) is 0 Å². The molecule has 2 rings (SSSR count). The third kappa shape index (κ3) is 5.27. The molecule has 1 saturated carbocycles. The standard InChI is InChI=1S/C18H30N2O2/c1-19-16-7-9-17(10-8-16)20(2)14-15-5-4-6-18(13-15)22-12-11-21-3/h4-6,13,16-17,19H,7-12,14H2,1-3H3. The van der Waals surface area contributed by atoms with E-state index in [-0.39, 0.29) is 0 Å². The summed E-state index contributed by atoms with van der Waals surface area (Å²) in [5, 5.41) is 3.40. The number of benzene rings is 1. The first-order valence-corrected chi connectivity index (χ1v) is 8.31. The van der Waals surface area contributed by atoms with E-state index >= 15 is 0 Å². The second kappa shape index (κ2) is 9.13. The van der Waals surface area contributed by atoms with E-state index in [0.29, 0.717) is 25.3 Å². The van der Waals surface area contributed by atoms with Crippen LogP contribution >= 0.6 is 0 Å². The van der Waals surface area contributed by atoms with Gasteiger partial charge in [0, 0.05) is 25.7 Å². The summed E-state index contributed by atoms with van der Waals surface area (Å²) < 4.78 is 10.7. The molecule has 22 heavy (non-hydrogen) atoms. The highest BCUT2D eigenvalue weighted by Crippen LogP contribution is 2.24. The molecule has 1 fully saturated rings. The van der Waals surface area contributed by atoms with Crippen LogP contribution in [0.4, 0.5) is 0 Å². The highest BCUT2D eigenvalue weighted by molar-refractivity contribution is 5.28. The summed E-state index contributed by atoms with van der Waals surface area (Å²) in [7, 11) is 6.00. The van der Waals surface area contributed by atoms with Crippen molar-refractivity contribution in [1.29, 1.82) is 0 Å². The smallest absolute Gasteiger partial charge is 0.119 e. The highest BCUT2D eigenvalue weighted by atomic mass is 16.5. The van der Waals surface area contributed by atoms with Crippen LogP contribution in [0, 0.1) is 0 Å². The molecule has 0 bridgehead atoms. The average molecular weight is 306 g/mol. The van der Waals surface area contributed by atoms with Crippen LogP contribution in [-0.4, -0.2) is 51.4 Å². The first-order valence-electron chi connectivity index (χ1n) is 8.31. The van der Waals surface area contributed by atoms with E-state index in [4.69, 9.17) is 9.47 Å². The van der Waals surface area contributed by atoms with Crippen molar-refractivity contribution in [2.75, 3.05) is 34.4 Å². The van der Waals surface area contributed by atoms with Crippen molar-refractivity contribution in [2.45, 2.75) is 44.3 Å². The summed E-state index contributed by atoms with van der Waals surface area (Å²) in [5.41, 5.74) is 1.31. The summed E-state index contributed by atoms with van der Waals surface area (Å²) in [6, 6.07) is 9.81. The van der Waals surface area contributed by atoms with E-state index in [1.807, 2.05) is 6.07 Å². The Kier molecular flexibility index (Phi) is 7.16. The van der Waals surface area contributed by atoms with Crippen molar-refractivity contribution < 1.29 is 9.47 Å². The van der Waals surface area contributed by atoms with Gasteiger partial charge in [0.15, 0.2) is 0 Å². The summed E-state index contributed by atoms with van der Waals surface area (Å²) in [5.74, 6) is 0.932. The van der Waals surface area contributed by atoms with Gasteiger partial charge in [-0.25, -0.2) is 0 Å². The van der Waals surface area contributed by atoms with Gasteiger partial charge in [-0.05, 0) is 57.5 Å². The summed E-state index contributed by atoms with van der Waals surface area (Å²) in [6.45, 7) is 2.21. The summed E-state index contributed by atoms with van der Waals surface area (Å²) in [4.78, 5) is 2.49. The van der Waals surface area contributed by atoms with E-state index in [9.17, 15) is 0 Å². The van der Waals surface area contributed by atoms with Crippen molar-refractivity contribution in [3.8, 4) is 5.75 Å². The van der Waals surface area contributed by atoms with Gasteiger partial charge in [0.1, 0.15) is 12.4 Å². The molecule has 1 aliphatic carbocycles. The lowest BCUT2D eigenvalue weighted by molar-refractivity contribution is 0.146. The zero-order valence-corrected chi connectivity index (χ0v) is 14.2. The van der Waals surface area contributed by atoms with Crippen LogP contribution in [0.2, 0.25) is 0 Å². The highest BCUT2D eigenvalue weighted by Gasteiger charge is 2.22. The van der Waals surface area contributed by atoms with Crippen molar-refractivity contribution in [1.82, 2.24) is 10.2 Å². The molecule has 1 N–H and O–H groups in total. The zero-order chi connectivity index (χ0) is 15.8. The number of rotatable bonds is 8. The molecule has 0 heterocycles. The van der Waals surface area contributed by atoms with Crippen molar-refractivity contribution >= 4 is 0 Å². The monoisotopic (exact) mass is 306 g/mol.